The second-order valence-electron chi connectivity index (χ2n) is 5.68. The molecule has 10 heteroatoms. The van der Waals surface area contributed by atoms with Gasteiger partial charge in [0.25, 0.3) is 11.8 Å². The Morgan fingerprint density at radius 2 is 1.70 bits per heavy atom. The SMILES string of the molecule is COc1ccc(C(=O)NNC(=O)COC(=O)/C=C/c2ccc(Cl)cc2Cl)cc1OC. The first-order chi connectivity index (χ1) is 14.3. The fourth-order valence-corrected chi connectivity index (χ4v) is 2.66. The Morgan fingerprint density at radius 3 is 2.37 bits per heavy atom. The van der Waals surface area contributed by atoms with Crippen LogP contribution in [0.1, 0.15) is 15.9 Å². The number of benzene rings is 2. The Morgan fingerprint density at radius 1 is 0.967 bits per heavy atom. The van der Waals surface area contributed by atoms with Crippen LogP contribution in [0.25, 0.3) is 6.08 Å². The summed E-state index contributed by atoms with van der Waals surface area (Å²) in [6, 6.07) is 9.28. The van der Waals surface area contributed by atoms with Crippen LogP contribution in [0.4, 0.5) is 0 Å². The third-order valence-electron chi connectivity index (χ3n) is 3.67. The maximum Gasteiger partial charge on any atom is 0.331 e. The standard InChI is InChI=1S/C20H18Cl2N2O6/c1-28-16-7-4-13(9-17(16)29-2)20(27)24-23-18(25)11-30-19(26)8-5-12-3-6-14(21)10-15(12)22/h3-10H,11H2,1-2H3,(H,23,25)(H,24,27)/b8-5+. The topological polar surface area (TPSA) is 103 Å². The van der Waals surface area contributed by atoms with Crippen LogP contribution >= 0.6 is 23.2 Å². The van der Waals surface area contributed by atoms with E-state index in [4.69, 9.17) is 37.4 Å². The van der Waals surface area contributed by atoms with Gasteiger partial charge in [0.15, 0.2) is 18.1 Å². The fourth-order valence-electron chi connectivity index (χ4n) is 2.19. The quantitative estimate of drug-likeness (QED) is 0.380. The van der Waals surface area contributed by atoms with Gasteiger partial charge < -0.3 is 14.2 Å². The molecule has 0 aliphatic heterocycles. The van der Waals surface area contributed by atoms with Gasteiger partial charge in [0, 0.05) is 21.7 Å². The summed E-state index contributed by atoms with van der Waals surface area (Å²) >= 11 is 11.8. The van der Waals surface area contributed by atoms with Gasteiger partial charge in [-0.15, -0.1) is 0 Å². The van der Waals surface area contributed by atoms with E-state index >= 15 is 0 Å². The normalized spacial score (nSPS) is 10.4. The molecule has 2 aromatic carbocycles. The molecule has 0 radical (unpaired) electrons. The van der Waals surface area contributed by atoms with E-state index in [1.807, 2.05) is 0 Å². The van der Waals surface area contributed by atoms with Crippen molar-refractivity contribution in [1.29, 1.82) is 0 Å². The molecule has 8 nitrogen and oxygen atoms in total. The Hall–Kier alpha value is -3.23. The number of hydrogen-bond donors (Lipinski definition) is 2. The molecule has 2 rings (SSSR count). The minimum Gasteiger partial charge on any atom is -0.493 e. The number of carbonyl (C=O) groups excluding carboxylic acids is 3. The number of carbonyl (C=O) groups is 3. The molecule has 2 aromatic rings. The molecule has 0 bridgehead atoms. The van der Waals surface area contributed by atoms with Crippen LogP contribution in [0.3, 0.4) is 0 Å². The van der Waals surface area contributed by atoms with E-state index in [0.717, 1.165) is 6.08 Å². The minimum atomic E-state index is -0.762. The van der Waals surface area contributed by atoms with E-state index in [2.05, 4.69) is 10.9 Å². The van der Waals surface area contributed by atoms with Crippen molar-refractivity contribution < 1.29 is 28.6 Å². The van der Waals surface area contributed by atoms with E-state index in [9.17, 15) is 14.4 Å². The molecule has 0 aliphatic rings. The molecular formula is C20H18Cl2N2O6. The Balaban J connectivity index is 1.81. The summed E-state index contributed by atoms with van der Waals surface area (Å²) in [6.07, 6.45) is 2.54. The first-order valence-corrected chi connectivity index (χ1v) is 9.20. The summed E-state index contributed by atoms with van der Waals surface area (Å²) in [6.45, 7) is -0.594. The van der Waals surface area contributed by atoms with Gasteiger partial charge in [0.05, 0.1) is 14.2 Å². The monoisotopic (exact) mass is 452 g/mol. The van der Waals surface area contributed by atoms with Crippen LogP contribution < -0.4 is 20.3 Å². The van der Waals surface area contributed by atoms with Gasteiger partial charge in [0.2, 0.25) is 0 Å². The molecule has 0 heterocycles. The highest BCUT2D eigenvalue weighted by atomic mass is 35.5. The number of esters is 1. The molecule has 0 spiro atoms. The third-order valence-corrected chi connectivity index (χ3v) is 4.23. The number of ether oxygens (including phenoxy) is 3. The summed E-state index contributed by atoms with van der Waals surface area (Å²) in [5.41, 5.74) is 5.14. The van der Waals surface area contributed by atoms with Crippen LogP contribution in [-0.4, -0.2) is 38.6 Å². The van der Waals surface area contributed by atoms with E-state index < -0.39 is 24.4 Å². The summed E-state index contributed by atoms with van der Waals surface area (Å²) in [5, 5.41) is 0.827. The average Bonchev–Trinajstić information content (AvgIpc) is 2.74. The van der Waals surface area contributed by atoms with Crippen molar-refractivity contribution in [3.8, 4) is 11.5 Å². The van der Waals surface area contributed by atoms with Crippen molar-refractivity contribution in [3.63, 3.8) is 0 Å². The lowest BCUT2D eigenvalue weighted by molar-refractivity contribution is -0.144. The number of halogens is 2. The molecule has 0 atom stereocenters. The highest BCUT2D eigenvalue weighted by Crippen LogP contribution is 2.27. The molecule has 0 unspecified atom stereocenters. The van der Waals surface area contributed by atoms with Crippen LogP contribution in [0, 0.1) is 0 Å². The second kappa shape index (κ2) is 11.1. The lowest BCUT2D eigenvalue weighted by Gasteiger charge is -2.10. The van der Waals surface area contributed by atoms with Crippen molar-refractivity contribution in [1.82, 2.24) is 10.9 Å². The number of hydrazine groups is 1. The van der Waals surface area contributed by atoms with E-state index in [-0.39, 0.29) is 5.56 Å². The van der Waals surface area contributed by atoms with E-state index in [0.29, 0.717) is 27.1 Å². The Bertz CT molecular complexity index is 978. The molecular weight excluding hydrogens is 435 g/mol. The van der Waals surface area contributed by atoms with E-state index in [1.165, 1.54) is 38.5 Å². The number of amides is 2. The highest BCUT2D eigenvalue weighted by molar-refractivity contribution is 6.35. The van der Waals surface area contributed by atoms with Crippen LogP contribution in [0.5, 0.6) is 11.5 Å². The summed E-state index contributed by atoms with van der Waals surface area (Å²) in [4.78, 5) is 35.6. The van der Waals surface area contributed by atoms with Gasteiger partial charge in [-0.2, -0.15) is 0 Å². The average molecular weight is 453 g/mol. The third kappa shape index (κ3) is 6.68. The summed E-state index contributed by atoms with van der Waals surface area (Å²) in [7, 11) is 2.91. The number of nitrogens with one attached hydrogen (secondary N) is 2. The van der Waals surface area contributed by atoms with Gasteiger partial charge in [0.1, 0.15) is 0 Å². The number of hydrogen-bond acceptors (Lipinski definition) is 6. The molecule has 0 fully saturated rings. The molecule has 30 heavy (non-hydrogen) atoms. The Kier molecular flexibility index (Phi) is 8.52. The van der Waals surface area contributed by atoms with Crippen molar-refractivity contribution in [2.45, 2.75) is 0 Å². The lowest BCUT2D eigenvalue weighted by atomic mass is 10.2. The molecule has 0 aromatic heterocycles. The number of rotatable bonds is 7. The smallest absolute Gasteiger partial charge is 0.331 e. The van der Waals surface area contributed by atoms with Gasteiger partial charge >= 0.3 is 5.97 Å². The molecule has 2 N–H and O–H groups in total. The largest absolute Gasteiger partial charge is 0.493 e. The lowest BCUT2D eigenvalue weighted by Crippen LogP contribution is -2.43. The summed E-state index contributed by atoms with van der Waals surface area (Å²) in [5.74, 6) is -1.26. The number of methoxy groups -OCH3 is 2. The van der Waals surface area contributed by atoms with Gasteiger partial charge in [-0.3, -0.25) is 20.4 Å². The molecule has 0 saturated heterocycles. The first-order valence-electron chi connectivity index (χ1n) is 8.45. The minimum absolute atomic E-state index is 0.229. The summed E-state index contributed by atoms with van der Waals surface area (Å²) < 4.78 is 15.0. The molecule has 0 saturated carbocycles. The van der Waals surface area contributed by atoms with Crippen molar-refractivity contribution in [3.05, 3.63) is 63.6 Å². The Labute approximate surface area is 182 Å². The van der Waals surface area contributed by atoms with Crippen LogP contribution in [0.2, 0.25) is 10.0 Å². The molecule has 0 aliphatic carbocycles. The maximum absolute atomic E-state index is 12.1. The van der Waals surface area contributed by atoms with Gasteiger partial charge in [-0.05, 0) is 42.0 Å². The van der Waals surface area contributed by atoms with Crippen molar-refractivity contribution in [2.24, 2.45) is 0 Å². The van der Waals surface area contributed by atoms with Gasteiger partial charge in [-0.1, -0.05) is 29.3 Å². The van der Waals surface area contributed by atoms with Crippen molar-refractivity contribution >= 4 is 47.1 Å². The predicted octanol–water partition coefficient (Wildman–Crippen LogP) is 3.03. The first kappa shape index (κ1) is 23.1. The van der Waals surface area contributed by atoms with E-state index in [1.54, 1.807) is 18.2 Å². The zero-order valence-electron chi connectivity index (χ0n) is 16.0. The van der Waals surface area contributed by atoms with Gasteiger partial charge in [-0.25, -0.2) is 4.79 Å². The zero-order chi connectivity index (χ0) is 22.1. The predicted molar refractivity (Wildman–Crippen MR) is 112 cm³/mol. The molecule has 158 valence electrons. The second-order valence-corrected chi connectivity index (χ2v) is 6.52. The van der Waals surface area contributed by atoms with Crippen molar-refractivity contribution in [2.75, 3.05) is 20.8 Å². The van der Waals surface area contributed by atoms with Crippen LogP contribution in [0.15, 0.2) is 42.5 Å². The maximum atomic E-state index is 12.1. The molecule has 2 amide bonds. The fraction of sp³-hybridized carbons (Fsp3) is 0.150. The zero-order valence-corrected chi connectivity index (χ0v) is 17.5. The van der Waals surface area contributed by atoms with Crippen LogP contribution in [-0.2, 0) is 14.3 Å². The highest BCUT2D eigenvalue weighted by Gasteiger charge is 2.12.